The van der Waals surface area contributed by atoms with Gasteiger partial charge in [-0.15, -0.1) is 0 Å². The van der Waals surface area contributed by atoms with E-state index in [1.165, 1.54) is 6.20 Å². The number of amides is 3. The smallest absolute Gasteiger partial charge is 0.410 e. The van der Waals surface area contributed by atoms with Crippen molar-refractivity contribution < 1.29 is 14.7 Å². The number of aryl methyl sites for hydroxylation is 2. The molecule has 3 N–H and O–H groups in total. The number of hydrogen-bond donors (Lipinski definition) is 3. The molecule has 178 valence electrons. The maximum atomic E-state index is 13.2. The number of rotatable bonds is 7. The SMILES string of the molecule is Cc1ccccc1NC(=O)N(CCn1nc(-c2ccnc(NC(=O)O)c2)nc1C)C1CCCC1. The molecule has 0 spiro atoms. The highest BCUT2D eigenvalue weighted by molar-refractivity contribution is 5.90. The highest BCUT2D eigenvalue weighted by atomic mass is 16.4. The second-order valence-corrected chi connectivity index (χ2v) is 8.44. The van der Waals surface area contributed by atoms with Gasteiger partial charge >= 0.3 is 12.1 Å². The van der Waals surface area contributed by atoms with E-state index in [0.717, 1.165) is 36.9 Å². The summed E-state index contributed by atoms with van der Waals surface area (Å²) in [6, 6.07) is 11.2. The van der Waals surface area contributed by atoms with Crippen LogP contribution in [0.15, 0.2) is 42.6 Å². The maximum Gasteiger partial charge on any atom is 0.410 e. The molecule has 4 rings (SSSR count). The van der Waals surface area contributed by atoms with Gasteiger partial charge in [0.25, 0.3) is 0 Å². The summed E-state index contributed by atoms with van der Waals surface area (Å²) in [5.74, 6) is 1.40. The first-order valence-electron chi connectivity index (χ1n) is 11.4. The Morgan fingerprint density at radius 1 is 1.15 bits per heavy atom. The molecule has 0 aliphatic heterocycles. The van der Waals surface area contributed by atoms with Crippen LogP contribution in [0.25, 0.3) is 11.4 Å². The van der Waals surface area contributed by atoms with Crippen molar-refractivity contribution in [2.75, 3.05) is 17.2 Å². The number of urea groups is 1. The van der Waals surface area contributed by atoms with E-state index >= 15 is 0 Å². The number of carboxylic acid groups (broad SMARTS) is 1. The number of pyridine rings is 1. The van der Waals surface area contributed by atoms with Crippen molar-refractivity contribution in [1.82, 2.24) is 24.6 Å². The predicted molar refractivity (Wildman–Crippen MR) is 129 cm³/mol. The Hall–Kier alpha value is -3.95. The first-order valence-corrected chi connectivity index (χ1v) is 11.4. The molecule has 0 radical (unpaired) electrons. The molecular formula is C24H29N7O3. The summed E-state index contributed by atoms with van der Waals surface area (Å²) < 4.78 is 1.78. The highest BCUT2D eigenvalue weighted by Crippen LogP contribution is 2.25. The van der Waals surface area contributed by atoms with Crippen molar-refractivity contribution in [3.05, 3.63) is 54.0 Å². The minimum atomic E-state index is -1.18. The first kappa shape index (κ1) is 23.2. The summed E-state index contributed by atoms with van der Waals surface area (Å²) in [6.07, 6.45) is 4.57. The molecule has 2 aromatic heterocycles. The zero-order valence-corrected chi connectivity index (χ0v) is 19.4. The Labute approximate surface area is 198 Å². The quantitative estimate of drug-likeness (QED) is 0.473. The van der Waals surface area contributed by atoms with E-state index in [4.69, 9.17) is 5.11 Å². The molecule has 10 heteroatoms. The Morgan fingerprint density at radius 3 is 2.65 bits per heavy atom. The third kappa shape index (κ3) is 5.51. The molecule has 34 heavy (non-hydrogen) atoms. The van der Waals surface area contributed by atoms with E-state index in [9.17, 15) is 9.59 Å². The van der Waals surface area contributed by atoms with Gasteiger partial charge < -0.3 is 15.3 Å². The van der Waals surface area contributed by atoms with Crippen LogP contribution in [0, 0.1) is 13.8 Å². The molecule has 0 bridgehead atoms. The maximum absolute atomic E-state index is 13.2. The van der Waals surface area contributed by atoms with Gasteiger partial charge in [-0.05, 0) is 50.5 Å². The normalized spacial score (nSPS) is 13.6. The standard InChI is InChI=1S/C24H29N7O3/c1-16-7-3-6-10-20(16)27-23(32)30(19-8-4-5-9-19)13-14-31-17(2)26-22(29-31)18-11-12-25-21(15-18)28-24(33)34/h3,6-7,10-12,15,19H,4-5,8-9,13-14H2,1-2H3,(H,25,28)(H,27,32)(H,33,34). The molecule has 2 heterocycles. The highest BCUT2D eigenvalue weighted by Gasteiger charge is 2.27. The van der Waals surface area contributed by atoms with E-state index in [1.54, 1.807) is 16.8 Å². The van der Waals surface area contributed by atoms with Crippen LogP contribution in [0.4, 0.5) is 21.1 Å². The number of nitrogens with zero attached hydrogens (tertiary/aromatic N) is 5. The number of hydrogen-bond acceptors (Lipinski definition) is 5. The largest absolute Gasteiger partial charge is 0.465 e. The summed E-state index contributed by atoms with van der Waals surface area (Å²) in [7, 11) is 0. The molecule has 1 aliphatic carbocycles. The molecule has 1 aromatic carbocycles. The number of nitrogens with one attached hydrogen (secondary N) is 2. The third-order valence-corrected chi connectivity index (χ3v) is 6.08. The Kier molecular flexibility index (Phi) is 7.05. The van der Waals surface area contributed by atoms with Crippen molar-refractivity contribution in [3.63, 3.8) is 0 Å². The minimum absolute atomic E-state index is 0.0993. The summed E-state index contributed by atoms with van der Waals surface area (Å²) >= 11 is 0. The summed E-state index contributed by atoms with van der Waals surface area (Å²) in [5.41, 5.74) is 2.50. The second kappa shape index (κ2) is 10.3. The molecule has 0 atom stereocenters. The van der Waals surface area contributed by atoms with Crippen LogP contribution in [0.3, 0.4) is 0 Å². The molecular weight excluding hydrogens is 434 g/mol. The first-order chi connectivity index (χ1) is 16.4. The van der Waals surface area contributed by atoms with Gasteiger partial charge in [0.1, 0.15) is 11.6 Å². The van der Waals surface area contributed by atoms with Gasteiger partial charge in [-0.3, -0.25) is 5.32 Å². The molecule has 0 unspecified atom stereocenters. The zero-order chi connectivity index (χ0) is 24.1. The predicted octanol–water partition coefficient (Wildman–Crippen LogP) is 4.52. The van der Waals surface area contributed by atoms with Crippen LogP contribution < -0.4 is 10.6 Å². The van der Waals surface area contributed by atoms with Crippen molar-refractivity contribution in [3.8, 4) is 11.4 Å². The van der Waals surface area contributed by atoms with E-state index in [1.807, 2.05) is 43.0 Å². The number of aromatic nitrogens is 4. The lowest BCUT2D eigenvalue weighted by Crippen LogP contribution is -2.43. The monoisotopic (exact) mass is 463 g/mol. The van der Waals surface area contributed by atoms with Crippen molar-refractivity contribution in [1.29, 1.82) is 0 Å². The molecule has 1 fully saturated rings. The number of para-hydroxylation sites is 1. The fraction of sp³-hybridized carbons (Fsp3) is 0.375. The van der Waals surface area contributed by atoms with Crippen LogP contribution in [0.5, 0.6) is 0 Å². The van der Waals surface area contributed by atoms with Crippen LogP contribution in [-0.2, 0) is 6.54 Å². The lowest BCUT2D eigenvalue weighted by Gasteiger charge is -2.29. The fourth-order valence-corrected chi connectivity index (χ4v) is 4.27. The van der Waals surface area contributed by atoms with Crippen molar-refractivity contribution in [2.45, 2.75) is 52.1 Å². The van der Waals surface area contributed by atoms with E-state index in [-0.39, 0.29) is 17.9 Å². The average Bonchev–Trinajstić information content (AvgIpc) is 3.46. The third-order valence-electron chi connectivity index (χ3n) is 6.08. The summed E-state index contributed by atoms with van der Waals surface area (Å²) in [5, 5.41) is 18.8. The summed E-state index contributed by atoms with van der Waals surface area (Å²) in [4.78, 5) is 34.6. The van der Waals surface area contributed by atoms with Gasteiger partial charge in [-0.2, -0.15) is 5.10 Å². The number of benzene rings is 1. The zero-order valence-electron chi connectivity index (χ0n) is 19.4. The molecule has 1 aliphatic rings. The topological polar surface area (TPSA) is 125 Å². The van der Waals surface area contributed by atoms with Gasteiger partial charge in [0, 0.05) is 30.0 Å². The average molecular weight is 464 g/mol. The van der Waals surface area contributed by atoms with E-state index in [0.29, 0.717) is 30.3 Å². The van der Waals surface area contributed by atoms with Crippen LogP contribution in [0.2, 0.25) is 0 Å². The van der Waals surface area contributed by atoms with Crippen LogP contribution >= 0.6 is 0 Å². The Balaban J connectivity index is 1.48. The van der Waals surface area contributed by atoms with Gasteiger partial charge in [-0.1, -0.05) is 31.0 Å². The van der Waals surface area contributed by atoms with Crippen LogP contribution in [0.1, 0.15) is 37.1 Å². The van der Waals surface area contributed by atoms with Gasteiger partial charge in [0.15, 0.2) is 5.82 Å². The minimum Gasteiger partial charge on any atom is -0.465 e. The van der Waals surface area contributed by atoms with Crippen molar-refractivity contribution in [2.24, 2.45) is 0 Å². The number of carbonyl (C=O) groups is 2. The van der Waals surface area contributed by atoms with Crippen LogP contribution in [-0.4, -0.2) is 54.5 Å². The lowest BCUT2D eigenvalue weighted by atomic mass is 10.2. The van der Waals surface area contributed by atoms with Gasteiger partial charge in [0.2, 0.25) is 0 Å². The summed E-state index contributed by atoms with van der Waals surface area (Å²) in [6.45, 7) is 4.85. The Bertz CT molecular complexity index is 1170. The lowest BCUT2D eigenvalue weighted by molar-refractivity contribution is 0.184. The Morgan fingerprint density at radius 2 is 1.91 bits per heavy atom. The number of anilines is 2. The number of carbonyl (C=O) groups excluding carboxylic acids is 1. The van der Waals surface area contributed by atoms with E-state index in [2.05, 4.69) is 25.7 Å². The molecule has 1 saturated carbocycles. The van der Waals surface area contributed by atoms with E-state index < -0.39 is 6.09 Å². The molecule has 3 aromatic rings. The molecule has 3 amide bonds. The fourth-order valence-electron chi connectivity index (χ4n) is 4.27. The van der Waals surface area contributed by atoms with Crippen molar-refractivity contribution >= 4 is 23.6 Å². The van der Waals surface area contributed by atoms with Gasteiger partial charge in [0.05, 0.1) is 6.54 Å². The molecule has 10 nitrogen and oxygen atoms in total. The molecule has 0 saturated heterocycles. The van der Waals surface area contributed by atoms with Gasteiger partial charge in [-0.25, -0.2) is 24.2 Å². The second-order valence-electron chi connectivity index (χ2n) is 8.44.